The first-order chi connectivity index (χ1) is 14.4. The quantitative estimate of drug-likeness (QED) is 0.643. The van der Waals surface area contributed by atoms with Gasteiger partial charge in [0.25, 0.3) is 0 Å². The smallest absolute Gasteiger partial charge is 0.224 e. The fourth-order valence-corrected chi connectivity index (χ4v) is 3.52. The van der Waals surface area contributed by atoms with E-state index in [4.69, 9.17) is 5.73 Å². The molecule has 0 fully saturated rings. The largest absolute Gasteiger partial charge is 0.335 e. The van der Waals surface area contributed by atoms with Gasteiger partial charge in [0, 0.05) is 43.0 Å². The summed E-state index contributed by atoms with van der Waals surface area (Å²) in [4.78, 5) is 18.4. The first kappa shape index (κ1) is 20.0. The number of hydrogen-bond acceptors (Lipinski definition) is 5. The number of carbonyl (C=O) groups is 1. The van der Waals surface area contributed by atoms with Crippen LogP contribution in [-0.4, -0.2) is 43.4 Å². The summed E-state index contributed by atoms with van der Waals surface area (Å²) >= 11 is 0. The van der Waals surface area contributed by atoms with Gasteiger partial charge in [-0.15, -0.1) is 5.10 Å². The number of rotatable bonds is 5. The molecular weight excluding hydrogens is 397 g/mol. The Labute approximate surface area is 170 Å². The van der Waals surface area contributed by atoms with E-state index in [2.05, 4.69) is 15.3 Å². The summed E-state index contributed by atoms with van der Waals surface area (Å²) < 4.78 is 42.1. The van der Waals surface area contributed by atoms with Crippen LogP contribution in [0.2, 0.25) is 0 Å². The highest BCUT2D eigenvalue weighted by molar-refractivity contribution is 5.77. The number of pyridine rings is 1. The van der Waals surface area contributed by atoms with Crippen molar-refractivity contribution in [3.63, 3.8) is 0 Å². The Morgan fingerprint density at radius 1 is 1.10 bits per heavy atom. The minimum absolute atomic E-state index is 0.0510. The number of amides is 1. The van der Waals surface area contributed by atoms with Crippen molar-refractivity contribution in [2.24, 2.45) is 5.73 Å². The average Bonchev–Trinajstić information content (AvgIpc) is 3.16. The summed E-state index contributed by atoms with van der Waals surface area (Å²) in [7, 11) is 0. The first-order valence-electron chi connectivity index (χ1n) is 9.42. The van der Waals surface area contributed by atoms with Crippen LogP contribution in [0.25, 0.3) is 11.3 Å². The van der Waals surface area contributed by atoms with Crippen LogP contribution >= 0.6 is 0 Å². The molecule has 7 nitrogen and oxygen atoms in total. The van der Waals surface area contributed by atoms with Crippen molar-refractivity contribution in [1.29, 1.82) is 0 Å². The van der Waals surface area contributed by atoms with Gasteiger partial charge < -0.3 is 10.6 Å². The molecule has 1 aliphatic heterocycles. The van der Waals surface area contributed by atoms with Crippen LogP contribution in [-0.2, 0) is 24.3 Å². The van der Waals surface area contributed by atoms with E-state index in [0.717, 1.165) is 17.3 Å². The van der Waals surface area contributed by atoms with Crippen LogP contribution in [0.3, 0.4) is 0 Å². The van der Waals surface area contributed by atoms with E-state index in [1.165, 1.54) is 0 Å². The lowest BCUT2D eigenvalue weighted by atomic mass is 10.0. The van der Waals surface area contributed by atoms with Crippen LogP contribution in [0, 0.1) is 17.5 Å². The summed E-state index contributed by atoms with van der Waals surface area (Å²) in [6, 6.07) is 4.16. The third-order valence-corrected chi connectivity index (χ3v) is 5.07. The Bertz CT molecular complexity index is 1070. The highest BCUT2D eigenvalue weighted by Crippen LogP contribution is 2.24. The predicted octanol–water partition coefficient (Wildman–Crippen LogP) is 2.06. The minimum Gasteiger partial charge on any atom is -0.335 e. The SMILES string of the molecule is N[C@@H](CC(=O)N1CCn2nnc(-c3ccncc3)c2C1)Cc1cc(F)c(F)cc1F. The molecule has 0 spiro atoms. The van der Waals surface area contributed by atoms with Crippen molar-refractivity contribution in [1.82, 2.24) is 24.9 Å². The van der Waals surface area contributed by atoms with Crippen molar-refractivity contribution in [2.75, 3.05) is 6.54 Å². The molecule has 2 N–H and O–H groups in total. The van der Waals surface area contributed by atoms with E-state index in [-0.39, 0.29) is 24.3 Å². The summed E-state index contributed by atoms with van der Waals surface area (Å²) in [5.74, 6) is -3.50. The lowest BCUT2D eigenvalue weighted by Gasteiger charge is -2.28. The van der Waals surface area contributed by atoms with Gasteiger partial charge in [-0.1, -0.05) is 5.21 Å². The first-order valence-corrected chi connectivity index (χ1v) is 9.42. The second-order valence-corrected chi connectivity index (χ2v) is 7.19. The zero-order valence-corrected chi connectivity index (χ0v) is 15.9. The topological polar surface area (TPSA) is 89.9 Å². The standard InChI is InChI=1S/C20H19F3N6O/c21-15-10-17(23)16(22)8-13(15)7-14(24)9-19(30)28-5-6-29-18(11-28)20(26-27-29)12-1-3-25-4-2-12/h1-4,8,10,14H,5-7,9,11,24H2/t14-/m1/s1. The highest BCUT2D eigenvalue weighted by Gasteiger charge is 2.26. The fourth-order valence-electron chi connectivity index (χ4n) is 3.52. The van der Waals surface area contributed by atoms with Gasteiger partial charge in [0.15, 0.2) is 11.6 Å². The Balaban J connectivity index is 1.43. The molecule has 0 unspecified atom stereocenters. The van der Waals surface area contributed by atoms with E-state index in [1.807, 2.05) is 12.1 Å². The zero-order valence-electron chi connectivity index (χ0n) is 15.9. The van der Waals surface area contributed by atoms with Gasteiger partial charge in [-0.05, 0) is 30.2 Å². The molecule has 3 aromatic rings. The van der Waals surface area contributed by atoms with Crippen LogP contribution < -0.4 is 5.73 Å². The normalized spacial score (nSPS) is 14.5. The number of halogens is 3. The van der Waals surface area contributed by atoms with Crippen molar-refractivity contribution < 1.29 is 18.0 Å². The number of nitrogens with two attached hydrogens (primary N) is 1. The molecule has 0 saturated heterocycles. The minimum atomic E-state index is -1.26. The number of nitrogens with zero attached hydrogens (tertiary/aromatic N) is 5. The molecule has 0 radical (unpaired) electrons. The van der Waals surface area contributed by atoms with Gasteiger partial charge in [-0.2, -0.15) is 0 Å². The molecule has 2 aromatic heterocycles. The monoisotopic (exact) mass is 416 g/mol. The molecule has 156 valence electrons. The van der Waals surface area contributed by atoms with E-state index in [9.17, 15) is 18.0 Å². The molecule has 4 rings (SSSR count). The number of benzene rings is 1. The predicted molar refractivity (Wildman–Crippen MR) is 101 cm³/mol. The Hall–Kier alpha value is -3.27. The lowest BCUT2D eigenvalue weighted by molar-refractivity contribution is -0.133. The lowest BCUT2D eigenvalue weighted by Crippen LogP contribution is -2.41. The van der Waals surface area contributed by atoms with Crippen LogP contribution in [0.4, 0.5) is 13.2 Å². The van der Waals surface area contributed by atoms with Crippen molar-refractivity contribution in [3.8, 4) is 11.3 Å². The van der Waals surface area contributed by atoms with Crippen LogP contribution in [0.1, 0.15) is 17.7 Å². The van der Waals surface area contributed by atoms with Gasteiger partial charge in [0.05, 0.1) is 18.8 Å². The number of fused-ring (bicyclic) bond motifs is 1. The summed E-state index contributed by atoms with van der Waals surface area (Å²) in [6.07, 6.45) is 3.18. The third-order valence-electron chi connectivity index (χ3n) is 5.07. The molecule has 3 heterocycles. The van der Waals surface area contributed by atoms with E-state index < -0.39 is 23.5 Å². The Morgan fingerprint density at radius 2 is 1.83 bits per heavy atom. The average molecular weight is 416 g/mol. The van der Waals surface area contributed by atoms with Gasteiger partial charge in [-0.3, -0.25) is 9.78 Å². The second-order valence-electron chi connectivity index (χ2n) is 7.19. The Morgan fingerprint density at radius 3 is 2.60 bits per heavy atom. The van der Waals surface area contributed by atoms with E-state index in [0.29, 0.717) is 31.4 Å². The number of carbonyl (C=O) groups excluding carboxylic acids is 1. The van der Waals surface area contributed by atoms with Crippen molar-refractivity contribution in [2.45, 2.75) is 32.0 Å². The van der Waals surface area contributed by atoms with Gasteiger partial charge in [0.2, 0.25) is 5.91 Å². The Kier molecular flexibility index (Phi) is 5.49. The molecule has 0 bridgehead atoms. The summed E-state index contributed by atoms with van der Waals surface area (Å²) in [6.45, 7) is 1.25. The number of hydrogen-bond donors (Lipinski definition) is 1. The molecule has 1 aliphatic rings. The van der Waals surface area contributed by atoms with Gasteiger partial charge >= 0.3 is 0 Å². The molecule has 30 heavy (non-hydrogen) atoms. The van der Waals surface area contributed by atoms with Gasteiger partial charge in [-0.25, -0.2) is 17.9 Å². The molecule has 0 saturated carbocycles. The van der Waals surface area contributed by atoms with E-state index in [1.54, 1.807) is 22.0 Å². The van der Waals surface area contributed by atoms with Crippen LogP contribution in [0.5, 0.6) is 0 Å². The molecule has 1 aromatic carbocycles. The number of aromatic nitrogens is 4. The maximum Gasteiger partial charge on any atom is 0.224 e. The molecule has 10 heteroatoms. The molecule has 0 aliphatic carbocycles. The maximum atomic E-state index is 13.8. The molecular formula is C20H19F3N6O. The molecule has 1 atom stereocenters. The van der Waals surface area contributed by atoms with E-state index >= 15 is 0 Å². The van der Waals surface area contributed by atoms with Gasteiger partial charge in [0.1, 0.15) is 11.5 Å². The summed E-state index contributed by atoms with van der Waals surface area (Å²) in [5, 5.41) is 8.36. The molecule has 1 amide bonds. The summed E-state index contributed by atoms with van der Waals surface area (Å²) in [5.41, 5.74) is 8.28. The highest BCUT2D eigenvalue weighted by atomic mass is 19.2. The zero-order chi connectivity index (χ0) is 21.3. The van der Waals surface area contributed by atoms with Crippen LogP contribution in [0.15, 0.2) is 36.7 Å². The fraction of sp³-hybridized carbons (Fsp3) is 0.300. The second kappa shape index (κ2) is 8.23. The third kappa shape index (κ3) is 4.04. The van der Waals surface area contributed by atoms with Crippen molar-refractivity contribution >= 4 is 5.91 Å². The maximum absolute atomic E-state index is 13.8. The van der Waals surface area contributed by atoms with Crippen molar-refractivity contribution in [3.05, 3.63) is 65.4 Å².